The smallest absolute Gasteiger partial charge is 0.275 e. The van der Waals surface area contributed by atoms with Gasteiger partial charge in [0.25, 0.3) is 5.91 Å². The van der Waals surface area contributed by atoms with Gasteiger partial charge in [-0.2, -0.15) is 0 Å². The molecule has 29 heavy (non-hydrogen) atoms. The molecule has 3 heterocycles. The van der Waals surface area contributed by atoms with E-state index in [4.69, 9.17) is 10.1 Å². The largest absolute Gasteiger partial charge is 0.380 e. The van der Waals surface area contributed by atoms with Crippen molar-refractivity contribution in [2.24, 2.45) is 0 Å². The number of carbonyl (C=O) groups excluding carboxylic acids is 1. The predicted molar refractivity (Wildman–Crippen MR) is 114 cm³/mol. The van der Waals surface area contributed by atoms with Crippen LogP contribution in [-0.4, -0.2) is 51.3 Å². The van der Waals surface area contributed by atoms with E-state index in [1.165, 1.54) is 11.3 Å². The highest BCUT2D eigenvalue weighted by Crippen LogP contribution is 2.26. The molecule has 10 heteroatoms. The van der Waals surface area contributed by atoms with Crippen LogP contribution in [0.3, 0.4) is 0 Å². The number of ether oxygens (including phenoxy) is 1. The molecule has 8 nitrogen and oxygen atoms in total. The first-order valence-electron chi connectivity index (χ1n) is 8.99. The summed E-state index contributed by atoms with van der Waals surface area (Å²) in [5, 5.41) is 14.2. The lowest BCUT2D eigenvalue weighted by molar-refractivity contribution is -0.110. The minimum Gasteiger partial charge on any atom is -0.380 e. The average molecular weight is 430 g/mol. The van der Waals surface area contributed by atoms with Crippen molar-refractivity contribution in [2.75, 3.05) is 30.9 Å². The minimum absolute atomic E-state index is 0.000306. The summed E-state index contributed by atoms with van der Waals surface area (Å²) in [6.45, 7) is 1.14. The first kappa shape index (κ1) is 19.6. The molecule has 1 amide bonds. The van der Waals surface area contributed by atoms with Crippen LogP contribution in [0.1, 0.15) is 12.0 Å². The second-order valence-electron chi connectivity index (χ2n) is 6.43. The summed E-state index contributed by atoms with van der Waals surface area (Å²) in [4.78, 5) is 22.6. The molecule has 0 aliphatic carbocycles. The van der Waals surface area contributed by atoms with E-state index in [0.717, 1.165) is 6.42 Å². The molecule has 1 fully saturated rings. The third-order valence-electron chi connectivity index (χ3n) is 4.53. The summed E-state index contributed by atoms with van der Waals surface area (Å²) in [6, 6.07) is 10.3. The van der Waals surface area contributed by atoms with E-state index in [-0.39, 0.29) is 11.0 Å². The van der Waals surface area contributed by atoms with Crippen LogP contribution in [0.5, 0.6) is 0 Å². The van der Waals surface area contributed by atoms with Crippen molar-refractivity contribution in [3.8, 4) is 0 Å². The summed E-state index contributed by atoms with van der Waals surface area (Å²) in [5.74, 6) is 0.157. The van der Waals surface area contributed by atoms with Gasteiger partial charge in [0.15, 0.2) is 5.13 Å². The van der Waals surface area contributed by atoms with Gasteiger partial charge >= 0.3 is 0 Å². The zero-order valence-electron chi connectivity index (χ0n) is 15.6. The highest BCUT2D eigenvalue weighted by atomic mass is 32.2. The fourth-order valence-corrected chi connectivity index (χ4v) is 5.08. The zero-order chi connectivity index (χ0) is 20.4. The average Bonchev–Trinajstić information content (AvgIpc) is 3.41. The SMILES string of the molecule is CNc1ccc2nc(NC(=O)C(=N)c3ccc(S(=O)[C@H]4CCOC4)cc3)sc2n1. The van der Waals surface area contributed by atoms with Crippen molar-refractivity contribution in [3.05, 3.63) is 42.0 Å². The number of aromatic nitrogens is 2. The Bertz CT molecular complexity index is 1090. The molecule has 1 saturated heterocycles. The van der Waals surface area contributed by atoms with Crippen LogP contribution in [0.15, 0.2) is 41.3 Å². The highest BCUT2D eigenvalue weighted by molar-refractivity contribution is 7.85. The van der Waals surface area contributed by atoms with E-state index in [2.05, 4.69) is 20.6 Å². The maximum Gasteiger partial charge on any atom is 0.275 e. The lowest BCUT2D eigenvalue weighted by Gasteiger charge is -2.09. The normalized spacial score (nSPS) is 17.2. The number of nitrogens with zero attached hydrogens (tertiary/aromatic N) is 2. The topological polar surface area (TPSA) is 117 Å². The number of rotatable bonds is 6. The lowest BCUT2D eigenvalue weighted by Crippen LogP contribution is -2.23. The molecular weight excluding hydrogens is 410 g/mol. The molecule has 0 bridgehead atoms. The molecule has 150 valence electrons. The standard InChI is InChI=1S/C19H19N5O3S2/c1-21-15-7-6-14-18(23-15)28-19(22-14)24-17(25)16(20)11-2-4-12(5-3-11)29(26)13-8-9-27-10-13/h2-7,13,20H,8-10H2,1H3,(H,21,23)(H,22,24,25)/t13-,29?/m0/s1. The van der Waals surface area contributed by atoms with Crippen LogP contribution in [0.2, 0.25) is 0 Å². The number of pyridine rings is 1. The van der Waals surface area contributed by atoms with Crippen LogP contribution < -0.4 is 10.6 Å². The fourth-order valence-electron chi connectivity index (χ4n) is 2.93. The Morgan fingerprint density at radius 2 is 2.03 bits per heavy atom. The summed E-state index contributed by atoms with van der Waals surface area (Å²) >= 11 is 1.25. The number of fused-ring (bicyclic) bond motifs is 1. The van der Waals surface area contributed by atoms with Gasteiger partial charge in [0.05, 0.1) is 22.7 Å². The van der Waals surface area contributed by atoms with Gasteiger partial charge in [0, 0.05) is 24.1 Å². The monoisotopic (exact) mass is 429 g/mol. The minimum atomic E-state index is -1.15. The van der Waals surface area contributed by atoms with Gasteiger partial charge in [0.1, 0.15) is 21.9 Å². The number of nitrogens with one attached hydrogen (secondary N) is 3. The molecule has 3 aromatic rings. The Labute approximate surface area is 173 Å². The molecule has 1 unspecified atom stereocenters. The molecule has 4 rings (SSSR count). The van der Waals surface area contributed by atoms with Gasteiger partial charge in [-0.15, -0.1) is 0 Å². The fraction of sp³-hybridized carbons (Fsp3) is 0.263. The first-order chi connectivity index (χ1) is 14.0. The molecule has 1 aliphatic heterocycles. The number of thiazole rings is 1. The Hall–Kier alpha value is -2.69. The third kappa shape index (κ3) is 4.19. The van der Waals surface area contributed by atoms with E-state index < -0.39 is 16.7 Å². The second-order valence-corrected chi connectivity index (χ2v) is 9.14. The number of hydrogen-bond acceptors (Lipinski definition) is 8. The molecule has 1 aliphatic rings. The van der Waals surface area contributed by atoms with Gasteiger partial charge in [0.2, 0.25) is 0 Å². The van der Waals surface area contributed by atoms with Crippen molar-refractivity contribution >= 4 is 55.1 Å². The van der Waals surface area contributed by atoms with Crippen LogP contribution >= 0.6 is 11.3 Å². The summed E-state index contributed by atoms with van der Waals surface area (Å²) < 4.78 is 17.8. The summed E-state index contributed by atoms with van der Waals surface area (Å²) in [6.07, 6.45) is 0.777. The number of hydrogen-bond donors (Lipinski definition) is 3. The van der Waals surface area contributed by atoms with Gasteiger partial charge in [-0.05, 0) is 30.7 Å². The van der Waals surface area contributed by atoms with E-state index in [1.807, 2.05) is 6.07 Å². The summed E-state index contributed by atoms with van der Waals surface area (Å²) in [5.41, 5.74) is 0.941. The quantitative estimate of drug-likeness (QED) is 0.519. The van der Waals surface area contributed by atoms with Crippen molar-refractivity contribution < 1.29 is 13.7 Å². The number of amides is 1. The van der Waals surface area contributed by atoms with Crippen LogP contribution in [-0.2, 0) is 20.3 Å². The molecule has 2 atom stereocenters. The molecule has 0 spiro atoms. The van der Waals surface area contributed by atoms with Crippen LogP contribution in [0.25, 0.3) is 10.3 Å². The highest BCUT2D eigenvalue weighted by Gasteiger charge is 2.23. The van der Waals surface area contributed by atoms with Crippen LogP contribution in [0.4, 0.5) is 10.9 Å². The lowest BCUT2D eigenvalue weighted by atomic mass is 10.1. The van der Waals surface area contributed by atoms with E-state index in [9.17, 15) is 9.00 Å². The molecule has 3 N–H and O–H groups in total. The molecule has 1 aromatic carbocycles. The van der Waals surface area contributed by atoms with Gasteiger partial charge in [-0.3, -0.25) is 19.7 Å². The van der Waals surface area contributed by atoms with E-state index in [1.54, 1.807) is 37.4 Å². The number of anilines is 2. The molecule has 0 saturated carbocycles. The Kier molecular flexibility index (Phi) is 5.65. The van der Waals surface area contributed by atoms with Gasteiger partial charge in [-0.1, -0.05) is 23.5 Å². The molecule has 0 radical (unpaired) electrons. The zero-order valence-corrected chi connectivity index (χ0v) is 17.2. The van der Waals surface area contributed by atoms with Gasteiger partial charge in [-0.25, -0.2) is 9.97 Å². The van der Waals surface area contributed by atoms with Crippen molar-refractivity contribution in [1.29, 1.82) is 5.41 Å². The van der Waals surface area contributed by atoms with E-state index >= 15 is 0 Å². The maximum absolute atomic E-state index is 12.5. The Morgan fingerprint density at radius 3 is 2.72 bits per heavy atom. The third-order valence-corrected chi connectivity index (χ3v) is 7.12. The molecule has 2 aromatic heterocycles. The maximum atomic E-state index is 12.5. The van der Waals surface area contributed by atoms with E-state index in [0.29, 0.717) is 45.0 Å². The Morgan fingerprint density at radius 1 is 1.24 bits per heavy atom. The molecular formula is C19H19N5O3S2. The summed E-state index contributed by atoms with van der Waals surface area (Å²) in [7, 11) is 0.629. The van der Waals surface area contributed by atoms with Crippen LogP contribution in [0, 0.1) is 5.41 Å². The predicted octanol–water partition coefficient (Wildman–Crippen LogP) is 2.64. The first-order valence-corrected chi connectivity index (χ1v) is 11.0. The number of benzene rings is 1. The van der Waals surface area contributed by atoms with Crippen molar-refractivity contribution in [2.45, 2.75) is 16.6 Å². The second kappa shape index (κ2) is 8.36. The Balaban J connectivity index is 1.45. The van der Waals surface area contributed by atoms with Crippen molar-refractivity contribution in [1.82, 2.24) is 9.97 Å². The number of carbonyl (C=O) groups is 1. The van der Waals surface area contributed by atoms with Gasteiger partial charge < -0.3 is 10.1 Å². The van der Waals surface area contributed by atoms with Crippen molar-refractivity contribution in [3.63, 3.8) is 0 Å².